The van der Waals surface area contributed by atoms with Crippen LogP contribution in [0.2, 0.25) is 0 Å². The molecule has 0 spiro atoms. The molecule has 1 atom stereocenters. The molecule has 2 nitrogen and oxygen atoms in total. The molecule has 0 aromatic heterocycles. The van der Waals surface area contributed by atoms with Crippen molar-refractivity contribution >= 4 is 17.6 Å². The van der Waals surface area contributed by atoms with E-state index in [-0.39, 0.29) is 23.5 Å². The smallest absolute Gasteiger partial charge is 0.248 e. The highest BCUT2D eigenvalue weighted by Gasteiger charge is 2.34. The first-order chi connectivity index (χ1) is 7.71. The summed E-state index contributed by atoms with van der Waals surface area (Å²) in [5, 5.41) is 0. The van der Waals surface area contributed by atoms with Crippen molar-refractivity contribution in [1.29, 1.82) is 0 Å². The van der Waals surface area contributed by atoms with E-state index in [0.717, 1.165) is 0 Å². The van der Waals surface area contributed by atoms with Crippen molar-refractivity contribution in [3.63, 3.8) is 0 Å². The molecule has 1 aliphatic carbocycles. The maximum atomic E-state index is 12.9. The first-order valence-electron chi connectivity index (χ1n) is 6.03. The first kappa shape index (κ1) is 14.9. The average Bonchev–Trinajstić information content (AvgIpc) is 2.19. The van der Waals surface area contributed by atoms with Gasteiger partial charge in [-0.3, -0.25) is 0 Å². The van der Waals surface area contributed by atoms with Gasteiger partial charge in [-0.1, -0.05) is 4.40 Å². The van der Waals surface area contributed by atoms with Gasteiger partial charge >= 0.3 is 0 Å². The monoisotopic (exact) mass is 265 g/mol. The lowest BCUT2D eigenvalue weighted by Crippen LogP contribution is -2.26. The molecular formula is C12H21F2NOS. The molecule has 100 valence electrons. The summed E-state index contributed by atoms with van der Waals surface area (Å²) >= 11 is -1.24. The second kappa shape index (κ2) is 5.65. The Balaban J connectivity index is 2.30. The lowest BCUT2D eigenvalue weighted by molar-refractivity contribution is -0.0448. The van der Waals surface area contributed by atoms with E-state index in [1.54, 1.807) is 6.21 Å². The van der Waals surface area contributed by atoms with Crippen LogP contribution in [0, 0.1) is 5.92 Å². The number of halogens is 2. The van der Waals surface area contributed by atoms with Gasteiger partial charge in [-0.2, -0.15) is 0 Å². The van der Waals surface area contributed by atoms with E-state index in [1.807, 2.05) is 20.8 Å². The molecule has 0 amide bonds. The summed E-state index contributed by atoms with van der Waals surface area (Å²) in [5.74, 6) is -2.20. The van der Waals surface area contributed by atoms with E-state index in [0.29, 0.717) is 19.3 Å². The van der Waals surface area contributed by atoms with Gasteiger partial charge in [0.2, 0.25) is 5.92 Å². The summed E-state index contributed by atoms with van der Waals surface area (Å²) in [7, 11) is 0. The SMILES string of the molecule is CC(C)(C)[S+]([O-])N=CCC1CCC(F)(F)CC1. The molecule has 5 heteroatoms. The van der Waals surface area contributed by atoms with Crippen LogP contribution in [-0.2, 0) is 11.4 Å². The highest BCUT2D eigenvalue weighted by Crippen LogP contribution is 2.37. The minimum Gasteiger partial charge on any atom is -0.591 e. The van der Waals surface area contributed by atoms with E-state index in [1.165, 1.54) is 0 Å². The van der Waals surface area contributed by atoms with E-state index in [2.05, 4.69) is 4.40 Å². The fourth-order valence-electron chi connectivity index (χ4n) is 1.75. The average molecular weight is 265 g/mol. The Labute approximate surface area is 105 Å². The van der Waals surface area contributed by atoms with Crippen LogP contribution in [0.4, 0.5) is 8.78 Å². The van der Waals surface area contributed by atoms with Crippen molar-refractivity contribution in [3.8, 4) is 0 Å². The third kappa shape index (κ3) is 5.34. The maximum absolute atomic E-state index is 12.9. The Morgan fingerprint density at radius 3 is 2.35 bits per heavy atom. The Bertz CT molecular complexity index is 266. The molecule has 0 aromatic carbocycles. The summed E-state index contributed by atoms with van der Waals surface area (Å²) in [6.45, 7) is 5.59. The zero-order valence-electron chi connectivity index (χ0n) is 10.7. The van der Waals surface area contributed by atoms with Gasteiger partial charge in [0.1, 0.15) is 16.1 Å². The Morgan fingerprint density at radius 2 is 1.88 bits per heavy atom. The summed E-state index contributed by atoms with van der Waals surface area (Å²) in [6.07, 6.45) is 3.36. The molecule has 0 bridgehead atoms. The zero-order chi connectivity index (χ0) is 13.1. The quantitative estimate of drug-likeness (QED) is 0.565. The molecule has 1 rings (SSSR count). The van der Waals surface area contributed by atoms with Gasteiger partial charge in [-0.15, -0.1) is 0 Å². The van der Waals surface area contributed by atoms with Crippen LogP contribution in [0.15, 0.2) is 4.40 Å². The molecule has 1 saturated carbocycles. The van der Waals surface area contributed by atoms with Crippen LogP contribution in [0.5, 0.6) is 0 Å². The lowest BCUT2D eigenvalue weighted by Gasteiger charge is -2.27. The van der Waals surface area contributed by atoms with Crippen molar-refractivity contribution in [3.05, 3.63) is 0 Å². The molecule has 1 fully saturated rings. The number of nitrogens with zero attached hydrogens (tertiary/aromatic N) is 1. The van der Waals surface area contributed by atoms with Gasteiger partial charge in [0.05, 0.1) is 6.21 Å². The van der Waals surface area contributed by atoms with Gasteiger partial charge in [0.25, 0.3) is 0 Å². The Kier molecular flexibility index (Phi) is 4.95. The third-order valence-corrected chi connectivity index (χ3v) is 4.36. The second-order valence-corrected chi connectivity index (χ2v) is 7.62. The molecule has 17 heavy (non-hydrogen) atoms. The normalized spacial score (nSPS) is 24.1. The number of rotatable bonds is 3. The molecule has 0 heterocycles. The number of alkyl halides is 2. The topological polar surface area (TPSA) is 35.4 Å². The van der Waals surface area contributed by atoms with E-state index >= 15 is 0 Å². The van der Waals surface area contributed by atoms with Crippen LogP contribution < -0.4 is 0 Å². The molecule has 0 N–H and O–H groups in total. The number of hydrogen-bond acceptors (Lipinski definition) is 2. The Morgan fingerprint density at radius 1 is 1.35 bits per heavy atom. The van der Waals surface area contributed by atoms with Gasteiger partial charge in [0, 0.05) is 12.8 Å². The third-order valence-electron chi connectivity index (χ3n) is 2.97. The maximum Gasteiger partial charge on any atom is 0.248 e. The molecule has 0 saturated heterocycles. The summed E-state index contributed by atoms with van der Waals surface area (Å²) in [6, 6.07) is 0. The first-order valence-corrected chi connectivity index (χ1v) is 7.14. The zero-order valence-corrected chi connectivity index (χ0v) is 11.5. The minimum absolute atomic E-state index is 0.0200. The van der Waals surface area contributed by atoms with Crippen LogP contribution in [-0.4, -0.2) is 21.4 Å². The molecule has 1 unspecified atom stereocenters. The summed E-state index contributed by atoms with van der Waals surface area (Å²) in [4.78, 5) is 0. The van der Waals surface area contributed by atoms with Crippen LogP contribution >= 0.6 is 0 Å². The predicted molar refractivity (Wildman–Crippen MR) is 67.9 cm³/mol. The molecular weight excluding hydrogens is 244 g/mol. The van der Waals surface area contributed by atoms with Crippen molar-refractivity contribution in [2.75, 3.05) is 0 Å². The van der Waals surface area contributed by atoms with Crippen LogP contribution in [0.1, 0.15) is 52.9 Å². The molecule has 0 aromatic rings. The van der Waals surface area contributed by atoms with Crippen molar-refractivity contribution in [2.45, 2.75) is 63.5 Å². The van der Waals surface area contributed by atoms with Gasteiger partial charge < -0.3 is 4.55 Å². The minimum atomic E-state index is -2.47. The van der Waals surface area contributed by atoms with E-state index < -0.39 is 17.3 Å². The second-order valence-electron chi connectivity index (χ2n) is 5.68. The van der Waals surface area contributed by atoms with Crippen LogP contribution in [0.3, 0.4) is 0 Å². The standard InChI is InChI=1S/C12H21F2NOS/c1-11(2,3)17(16)15-9-6-10-4-7-12(13,14)8-5-10/h9-10H,4-8H2,1-3H3. The fraction of sp³-hybridized carbons (Fsp3) is 0.917. The highest BCUT2D eigenvalue weighted by atomic mass is 32.2. The van der Waals surface area contributed by atoms with Crippen molar-refractivity contribution in [1.82, 2.24) is 0 Å². The highest BCUT2D eigenvalue weighted by molar-refractivity contribution is 7.91. The van der Waals surface area contributed by atoms with Gasteiger partial charge in [-0.05, 0) is 46.0 Å². The lowest BCUT2D eigenvalue weighted by atomic mass is 9.85. The fourth-order valence-corrected chi connectivity index (χ4v) is 2.29. The Hall–Kier alpha value is -0.160. The van der Waals surface area contributed by atoms with Crippen molar-refractivity contribution < 1.29 is 13.3 Å². The van der Waals surface area contributed by atoms with Gasteiger partial charge in [0.15, 0.2) is 0 Å². The predicted octanol–water partition coefficient (Wildman–Crippen LogP) is 3.74. The molecule has 1 aliphatic rings. The largest absolute Gasteiger partial charge is 0.591 e. The molecule has 0 aliphatic heterocycles. The van der Waals surface area contributed by atoms with E-state index in [9.17, 15) is 13.3 Å². The van der Waals surface area contributed by atoms with Crippen LogP contribution in [0.25, 0.3) is 0 Å². The summed E-state index contributed by atoms with van der Waals surface area (Å²) in [5.41, 5.74) is 0. The van der Waals surface area contributed by atoms with Crippen molar-refractivity contribution in [2.24, 2.45) is 10.3 Å². The van der Waals surface area contributed by atoms with E-state index in [4.69, 9.17) is 0 Å². The molecule has 0 radical (unpaired) electrons. The number of hydrogen-bond donors (Lipinski definition) is 0. The summed E-state index contributed by atoms with van der Waals surface area (Å²) < 4.78 is 41.0. The van der Waals surface area contributed by atoms with Gasteiger partial charge in [-0.25, -0.2) is 8.78 Å².